The van der Waals surface area contributed by atoms with Crippen LogP contribution >= 0.6 is 34.8 Å². The van der Waals surface area contributed by atoms with Crippen LogP contribution in [0.5, 0.6) is 0 Å². The molecule has 5 fully saturated rings. The Bertz CT molecular complexity index is 2180. The first-order chi connectivity index (χ1) is 31.8. The highest BCUT2D eigenvalue weighted by atomic mass is 35.6. The van der Waals surface area contributed by atoms with Gasteiger partial charge in [-0.05, 0) is 37.5 Å². The molecular formula is C49H54Cl3NO13. The third-order valence-electron chi connectivity index (χ3n) is 12.0. The average Bonchev–Trinajstić information content (AvgIpc) is 3.97. The summed E-state index contributed by atoms with van der Waals surface area (Å²) < 4.78 is 83.2. The second-order valence-electron chi connectivity index (χ2n) is 17.4. The molecule has 0 bridgehead atoms. The van der Waals surface area contributed by atoms with E-state index in [-0.39, 0.29) is 33.0 Å². The SMILES string of the molecule is C[C@H]1O[C@@H](OC(=N)C(Cl)(Cl)Cl)C2OC(C)(C)OC2[C@H]1O[C@@H]1OC[C@@H](OCc2ccccc2)C(O[C@@H]2OC[C@]3(COCc4ccccc4)O[C@@H](c4ccccc4)OC23)C1OCc1ccccc1. The van der Waals surface area contributed by atoms with Crippen molar-refractivity contribution in [2.24, 2.45) is 0 Å². The van der Waals surface area contributed by atoms with Crippen molar-refractivity contribution in [1.82, 2.24) is 0 Å². The van der Waals surface area contributed by atoms with Crippen LogP contribution in [0.15, 0.2) is 121 Å². The van der Waals surface area contributed by atoms with E-state index in [4.69, 9.17) is 102 Å². The molecule has 13 atom stereocenters. The molecule has 5 aliphatic rings. The number of nitrogens with one attached hydrogen (secondary N) is 1. The molecule has 0 aliphatic carbocycles. The third-order valence-corrected chi connectivity index (χ3v) is 12.5. The smallest absolute Gasteiger partial charge is 0.265 e. The Kier molecular flexibility index (Phi) is 15.0. The molecule has 354 valence electrons. The molecule has 14 nitrogen and oxygen atoms in total. The van der Waals surface area contributed by atoms with Crippen molar-refractivity contribution >= 4 is 40.7 Å². The van der Waals surface area contributed by atoms with E-state index in [0.717, 1.165) is 22.3 Å². The maximum Gasteiger partial charge on any atom is 0.265 e. The van der Waals surface area contributed by atoms with Gasteiger partial charge in [0.25, 0.3) is 3.79 Å². The minimum absolute atomic E-state index is 0.0468. The zero-order chi connectivity index (χ0) is 45.9. The lowest BCUT2D eigenvalue weighted by atomic mass is 9.98. The fourth-order valence-corrected chi connectivity index (χ4v) is 8.96. The largest absolute Gasteiger partial charge is 0.445 e. The molecule has 1 N–H and O–H groups in total. The van der Waals surface area contributed by atoms with E-state index in [1.54, 1.807) is 20.8 Å². The van der Waals surface area contributed by atoms with E-state index in [0.29, 0.717) is 6.61 Å². The fraction of sp³-hybridized carbons (Fsp3) is 0.490. The zero-order valence-electron chi connectivity index (χ0n) is 36.7. The maximum absolute atomic E-state index is 8.27. The predicted octanol–water partition coefficient (Wildman–Crippen LogP) is 8.34. The number of alkyl halides is 3. The number of benzene rings is 4. The normalized spacial score (nSPS) is 33.8. The lowest BCUT2D eigenvalue weighted by molar-refractivity contribution is -0.350. The van der Waals surface area contributed by atoms with Crippen LogP contribution < -0.4 is 0 Å². The van der Waals surface area contributed by atoms with E-state index >= 15 is 0 Å². The van der Waals surface area contributed by atoms with Gasteiger partial charge in [-0.3, -0.25) is 5.41 Å². The summed E-state index contributed by atoms with van der Waals surface area (Å²) in [5.41, 5.74) is 2.71. The van der Waals surface area contributed by atoms with Crippen LogP contribution in [0.1, 0.15) is 49.3 Å². The maximum atomic E-state index is 8.27. The van der Waals surface area contributed by atoms with E-state index in [1.807, 2.05) is 121 Å². The first kappa shape index (κ1) is 47.8. The van der Waals surface area contributed by atoms with Crippen LogP contribution in [0.4, 0.5) is 0 Å². The van der Waals surface area contributed by atoms with Crippen molar-refractivity contribution in [3.05, 3.63) is 144 Å². The Morgan fingerprint density at radius 3 is 1.86 bits per heavy atom. The molecule has 9 rings (SSSR count). The van der Waals surface area contributed by atoms with Gasteiger partial charge >= 0.3 is 0 Å². The van der Waals surface area contributed by atoms with Crippen LogP contribution in [-0.4, -0.2) is 109 Å². The van der Waals surface area contributed by atoms with Crippen molar-refractivity contribution in [3.63, 3.8) is 0 Å². The number of rotatable bonds is 16. The van der Waals surface area contributed by atoms with Crippen LogP contribution in [-0.2, 0) is 81.4 Å². The van der Waals surface area contributed by atoms with Gasteiger partial charge in [0.05, 0.1) is 45.7 Å². The van der Waals surface area contributed by atoms with E-state index < -0.39 is 95.1 Å². The van der Waals surface area contributed by atoms with Crippen molar-refractivity contribution in [2.75, 3.05) is 19.8 Å². The standard InChI is InChI=1S/C49H54Cl3NO13/c1-30-36(38-40(65-47(2,3)64-38)44(59-30)63-46(53)49(50,51)52)60-43-39(56-26-33-20-12-6-13-21-33)37(35(27-57-43)55-25-32-18-10-5-11-19-32)61-45-41-48(29-58-45,28-54-24-31-16-8-4-9-17-31)66-42(62-41)34-22-14-7-15-23-34/h4-23,30,35-45,53H,24-29H2,1-3H3/t30-,35-,36+,37?,38?,39?,40?,41?,42+,43+,44+,45+,48+/m1/s1. The van der Waals surface area contributed by atoms with Gasteiger partial charge in [0.15, 0.2) is 30.8 Å². The number of ether oxygens (including phenoxy) is 13. The summed E-state index contributed by atoms with van der Waals surface area (Å²) in [6, 6.07) is 39.3. The van der Waals surface area contributed by atoms with E-state index in [9.17, 15) is 0 Å². The number of fused-ring (bicyclic) bond motifs is 2. The number of hydrogen-bond acceptors (Lipinski definition) is 14. The highest BCUT2D eigenvalue weighted by Crippen LogP contribution is 2.47. The topological polar surface area (TPSA) is 144 Å². The molecule has 0 saturated carbocycles. The van der Waals surface area contributed by atoms with Crippen molar-refractivity contribution in [2.45, 2.75) is 130 Å². The molecule has 5 saturated heterocycles. The Morgan fingerprint density at radius 1 is 0.652 bits per heavy atom. The Morgan fingerprint density at radius 2 is 1.23 bits per heavy atom. The third kappa shape index (κ3) is 11.1. The van der Waals surface area contributed by atoms with Crippen LogP contribution in [0.3, 0.4) is 0 Å². The van der Waals surface area contributed by atoms with Gasteiger partial charge in [-0.1, -0.05) is 156 Å². The average molecular weight is 971 g/mol. The Balaban J connectivity index is 1.02. The molecule has 4 aromatic rings. The van der Waals surface area contributed by atoms with Crippen molar-refractivity contribution in [1.29, 1.82) is 5.41 Å². The fourth-order valence-electron chi connectivity index (χ4n) is 8.82. The van der Waals surface area contributed by atoms with Crippen LogP contribution in [0, 0.1) is 5.41 Å². The molecule has 5 unspecified atom stereocenters. The number of halogens is 3. The summed E-state index contributed by atoms with van der Waals surface area (Å²) in [5.74, 6) is -1.72. The Hall–Kier alpha value is -3.26. The van der Waals surface area contributed by atoms with Crippen LogP contribution in [0.25, 0.3) is 0 Å². The monoisotopic (exact) mass is 969 g/mol. The summed E-state index contributed by atoms with van der Waals surface area (Å²) >= 11 is 18.0. The molecule has 17 heteroatoms. The summed E-state index contributed by atoms with van der Waals surface area (Å²) in [6.45, 7) is 6.45. The summed E-state index contributed by atoms with van der Waals surface area (Å²) in [7, 11) is 0. The number of hydrogen-bond donors (Lipinski definition) is 1. The molecule has 4 aromatic carbocycles. The quantitative estimate of drug-likeness (QED) is 0.0654. The van der Waals surface area contributed by atoms with Crippen LogP contribution in [0.2, 0.25) is 0 Å². The van der Waals surface area contributed by atoms with Gasteiger partial charge in [0.2, 0.25) is 12.2 Å². The van der Waals surface area contributed by atoms with Crippen molar-refractivity contribution < 1.29 is 61.6 Å². The van der Waals surface area contributed by atoms with Crippen molar-refractivity contribution in [3.8, 4) is 0 Å². The summed E-state index contributed by atoms with van der Waals surface area (Å²) in [6.07, 6.45) is -10.3. The van der Waals surface area contributed by atoms with Gasteiger partial charge in [-0.2, -0.15) is 0 Å². The first-order valence-corrected chi connectivity index (χ1v) is 23.2. The molecule has 5 aliphatic heterocycles. The summed E-state index contributed by atoms with van der Waals surface area (Å²) in [5, 5.41) is 8.27. The van der Waals surface area contributed by atoms with Gasteiger partial charge in [0.1, 0.15) is 42.2 Å². The molecule has 66 heavy (non-hydrogen) atoms. The Labute approximate surface area is 399 Å². The second-order valence-corrected chi connectivity index (χ2v) is 19.6. The molecule has 0 aromatic heterocycles. The lowest BCUT2D eigenvalue weighted by Gasteiger charge is -2.46. The van der Waals surface area contributed by atoms with Gasteiger partial charge in [0, 0.05) is 5.56 Å². The molecule has 5 heterocycles. The lowest BCUT2D eigenvalue weighted by Crippen LogP contribution is -2.63. The first-order valence-electron chi connectivity index (χ1n) is 22.0. The van der Waals surface area contributed by atoms with Gasteiger partial charge in [-0.15, -0.1) is 0 Å². The molecule has 0 spiro atoms. The minimum Gasteiger partial charge on any atom is -0.445 e. The molecular weight excluding hydrogens is 917 g/mol. The summed E-state index contributed by atoms with van der Waals surface area (Å²) in [4.78, 5) is 0. The zero-order valence-corrected chi connectivity index (χ0v) is 38.9. The van der Waals surface area contributed by atoms with Gasteiger partial charge < -0.3 is 61.6 Å². The van der Waals surface area contributed by atoms with E-state index in [1.165, 1.54) is 0 Å². The van der Waals surface area contributed by atoms with Gasteiger partial charge in [-0.25, -0.2) is 0 Å². The molecule has 0 radical (unpaired) electrons. The predicted molar refractivity (Wildman–Crippen MR) is 240 cm³/mol. The highest BCUT2D eigenvalue weighted by molar-refractivity contribution is 6.76. The molecule has 0 amide bonds. The minimum atomic E-state index is -2.13. The highest BCUT2D eigenvalue weighted by Gasteiger charge is 2.62. The second kappa shape index (κ2) is 20.8. The van der Waals surface area contributed by atoms with E-state index in [2.05, 4.69) is 0 Å².